The number of aryl methyl sites for hydroxylation is 2. The number of amides is 1. The van der Waals surface area contributed by atoms with Gasteiger partial charge in [0.05, 0.1) is 18.0 Å². The number of hydrogen-bond acceptors (Lipinski definition) is 6. The average molecular weight is 480 g/mol. The summed E-state index contributed by atoms with van der Waals surface area (Å²) in [5.41, 5.74) is 6.79. The van der Waals surface area contributed by atoms with Gasteiger partial charge in [0, 0.05) is 68.3 Å². The molecule has 8 nitrogen and oxygen atoms in total. The zero-order valence-electron chi connectivity index (χ0n) is 20.8. The van der Waals surface area contributed by atoms with Crippen molar-refractivity contribution in [3.8, 4) is 11.8 Å². The Morgan fingerprint density at radius 2 is 1.78 bits per heavy atom. The van der Waals surface area contributed by atoms with Gasteiger partial charge in [-0.1, -0.05) is 12.0 Å². The van der Waals surface area contributed by atoms with E-state index >= 15 is 0 Å². The van der Waals surface area contributed by atoms with Crippen LogP contribution in [0, 0.1) is 25.7 Å². The minimum absolute atomic E-state index is 0.214. The Labute approximate surface area is 211 Å². The molecule has 1 aromatic carbocycles. The van der Waals surface area contributed by atoms with Crippen molar-refractivity contribution in [1.29, 1.82) is 0 Å². The number of piperazine rings is 1. The Morgan fingerprint density at radius 1 is 0.972 bits per heavy atom. The molecule has 0 bridgehead atoms. The number of benzene rings is 1. The fourth-order valence-electron chi connectivity index (χ4n) is 4.36. The molecule has 0 atom stereocenters. The molecule has 1 amide bonds. The summed E-state index contributed by atoms with van der Waals surface area (Å²) < 4.78 is 1.94. The van der Waals surface area contributed by atoms with Gasteiger partial charge in [-0.2, -0.15) is 0 Å². The second-order valence-corrected chi connectivity index (χ2v) is 9.27. The van der Waals surface area contributed by atoms with Crippen molar-refractivity contribution in [3.05, 3.63) is 88.9 Å². The first-order chi connectivity index (χ1) is 17.5. The molecule has 3 aromatic heterocycles. The van der Waals surface area contributed by atoms with Crippen LogP contribution in [0.2, 0.25) is 0 Å². The molecule has 0 unspecified atom stereocenters. The summed E-state index contributed by atoms with van der Waals surface area (Å²) in [6, 6.07) is 7.86. The van der Waals surface area contributed by atoms with E-state index in [1.165, 1.54) is 11.1 Å². The van der Waals surface area contributed by atoms with Gasteiger partial charge in [-0.15, -0.1) is 0 Å². The van der Waals surface area contributed by atoms with E-state index in [4.69, 9.17) is 0 Å². The molecule has 1 aliphatic heterocycles. The summed E-state index contributed by atoms with van der Waals surface area (Å²) in [6.07, 6.45) is 8.40. The number of rotatable bonds is 4. The molecule has 1 saturated heterocycles. The quantitative estimate of drug-likeness (QED) is 0.453. The highest BCUT2D eigenvalue weighted by molar-refractivity contribution is 6.04. The monoisotopic (exact) mass is 479 g/mol. The Morgan fingerprint density at radius 3 is 2.58 bits per heavy atom. The van der Waals surface area contributed by atoms with Gasteiger partial charge in [-0.3, -0.25) is 24.1 Å². The first kappa shape index (κ1) is 23.7. The largest absolute Gasteiger partial charge is 0.322 e. The van der Waals surface area contributed by atoms with Crippen molar-refractivity contribution in [3.63, 3.8) is 0 Å². The van der Waals surface area contributed by atoms with Crippen molar-refractivity contribution in [2.45, 2.75) is 20.4 Å². The van der Waals surface area contributed by atoms with E-state index in [2.05, 4.69) is 61.9 Å². The number of fused-ring (bicyclic) bond motifs is 1. The molecule has 0 saturated carbocycles. The SMILES string of the molecule is Cc1cc(NC(=O)c2cncc(C#Cc3cnc4cncc(C)n34)c2)ccc1CN1CCN(C)CC1. The molecule has 8 heteroatoms. The standard InChI is InChI=1S/C28H29N7O/c1-20-12-25(6-5-23(20)19-34-10-8-33(3)9-11-34)32-28(36)24-13-22(15-30-16-24)4-7-26-17-31-27-18-29-14-21(2)35(26)27/h5-6,12-18H,8-11,19H2,1-3H3,(H,32,36). The first-order valence-corrected chi connectivity index (χ1v) is 12.0. The highest BCUT2D eigenvalue weighted by Crippen LogP contribution is 2.19. The molecule has 1 fully saturated rings. The lowest BCUT2D eigenvalue weighted by Crippen LogP contribution is -2.43. The lowest BCUT2D eigenvalue weighted by molar-refractivity contribution is 0.102. The number of pyridine rings is 1. The third-order valence-electron chi connectivity index (χ3n) is 6.52. The highest BCUT2D eigenvalue weighted by atomic mass is 16.1. The normalized spacial score (nSPS) is 14.4. The lowest BCUT2D eigenvalue weighted by Gasteiger charge is -2.32. The van der Waals surface area contributed by atoms with Crippen LogP contribution in [-0.4, -0.2) is 68.3 Å². The summed E-state index contributed by atoms with van der Waals surface area (Å²) in [4.78, 5) is 30.5. The van der Waals surface area contributed by atoms with Gasteiger partial charge in [-0.05, 0) is 56.1 Å². The minimum Gasteiger partial charge on any atom is -0.322 e. The molecule has 1 N–H and O–H groups in total. The Kier molecular flexibility index (Phi) is 6.76. The van der Waals surface area contributed by atoms with E-state index in [0.717, 1.165) is 55.4 Å². The van der Waals surface area contributed by atoms with Crippen molar-refractivity contribution in [2.24, 2.45) is 0 Å². The van der Waals surface area contributed by atoms with E-state index in [1.807, 2.05) is 23.5 Å². The topological polar surface area (TPSA) is 78.7 Å². The van der Waals surface area contributed by atoms with E-state index in [-0.39, 0.29) is 5.91 Å². The Hall–Kier alpha value is -4.06. The van der Waals surface area contributed by atoms with Crippen molar-refractivity contribution in [1.82, 2.24) is 29.2 Å². The molecule has 4 heterocycles. The van der Waals surface area contributed by atoms with Gasteiger partial charge in [0.1, 0.15) is 5.69 Å². The van der Waals surface area contributed by atoms with E-state index < -0.39 is 0 Å². The van der Waals surface area contributed by atoms with Crippen LogP contribution < -0.4 is 5.32 Å². The van der Waals surface area contributed by atoms with Crippen LogP contribution in [0.3, 0.4) is 0 Å². The number of hydrogen-bond donors (Lipinski definition) is 1. The zero-order chi connectivity index (χ0) is 25.1. The smallest absolute Gasteiger partial charge is 0.257 e. The number of carbonyl (C=O) groups is 1. The van der Waals surface area contributed by atoms with Crippen LogP contribution in [-0.2, 0) is 6.54 Å². The number of aromatic nitrogens is 4. The predicted molar refractivity (Wildman–Crippen MR) is 140 cm³/mol. The summed E-state index contributed by atoms with van der Waals surface area (Å²) in [6.45, 7) is 9.34. The van der Waals surface area contributed by atoms with E-state index in [9.17, 15) is 4.79 Å². The molecular formula is C28H29N7O. The van der Waals surface area contributed by atoms with Crippen LogP contribution >= 0.6 is 0 Å². The average Bonchev–Trinajstić information content (AvgIpc) is 3.30. The second-order valence-electron chi connectivity index (χ2n) is 9.27. The van der Waals surface area contributed by atoms with Crippen LogP contribution in [0.15, 0.2) is 55.2 Å². The van der Waals surface area contributed by atoms with Crippen LogP contribution in [0.5, 0.6) is 0 Å². The number of nitrogens with zero attached hydrogens (tertiary/aromatic N) is 6. The Balaban J connectivity index is 1.27. The maximum atomic E-state index is 12.9. The molecule has 0 spiro atoms. The van der Waals surface area contributed by atoms with Crippen molar-refractivity contribution < 1.29 is 4.79 Å². The third-order valence-corrected chi connectivity index (χ3v) is 6.52. The van der Waals surface area contributed by atoms with Crippen LogP contribution in [0.4, 0.5) is 5.69 Å². The van der Waals surface area contributed by atoms with Gasteiger partial charge < -0.3 is 10.2 Å². The Bertz CT molecular complexity index is 1470. The summed E-state index contributed by atoms with van der Waals surface area (Å²) in [5.74, 6) is 6.02. The summed E-state index contributed by atoms with van der Waals surface area (Å²) in [7, 11) is 2.16. The summed E-state index contributed by atoms with van der Waals surface area (Å²) >= 11 is 0. The number of anilines is 1. The van der Waals surface area contributed by atoms with Crippen LogP contribution in [0.25, 0.3) is 5.65 Å². The molecular weight excluding hydrogens is 450 g/mol. The highest BCUT2D eigenvalue weighted by Gasteiger charge is 2.15. The van der Waals surface area contributed by atoms with Crippen molar-refractivity contribution in [2.75, 3.05) is 38.5 Å². The maximum Gasteiger partial charge on any atom is 0.257 e. The molecule has 0 aliphatic carbocycles. The predicted octanol–water partition coefficient (Wildman–Crippen LogP) is 3.14. The fraction of sp³-hybridized carbons (Fsp3) is 0.286. The van der Waals surface area contributed by atoms with Gasteiger partial charge in [0.15, 0.2) is 5.65 Å². The van der Waals surface area contributed by atoms with Gasteiger partial charge in [0.25, 0.3) is 5.91 Å². The molecule has 182 valence electrons. The number of carbonyl (C=O) groups excluding carboxylic acids is 1. The first-order valence-electron chi connectivity index (χ1n) is 12.0. The number of imidazole rings is 1. The summed E-state index contributed by atoms with van der Waals surface area (Å²) in [5, 5.41) is 3.00. The molecule has 1 aliphatic rings. The van der Waals surface area contributed by atoms with Crippen LogP contribution in [0.1, 0.15) is 38.4 Å². The van der Waals surface area contributed by atoms with E-state index in [1.54, 1.807) is 37.1 Å². The molecule has 0 radical (unpaired) electrons. The fourth-order valence-corrected chi connectivity index (χ4v) is 4.36. The molecule has 36 heavy (non-hydrogen) atoms. The van der Waals surface area contributed by atoms with Gasteiger partial charge >= 0.3 is 0 Å². The lowest BCUT2D eigenvalue weighted by atomic mass is 10.1. The number of likely N-dealkylation sites (N-methyl/N-ethyl adjacent to an activating group) is 1. The third kappa shape index (κ3) is 5.28. The second kappa shape index (κ2) is 10.3. The van der Waals surface area contributed by atoms with Gasteiger partial charge in [0.2, 0.25) is 0 Å². The van der Waals surface area contributed by atoms with E-state index in [0.29, 0.717) is 11.1 Å². The molecule has 4 aromatic rings. The molecule has 5 rings (SSSR count). The maximum absolute atomic E-state index is 12.9. The number of nitrogens with one attached hydrogen (secondary N) is 1. The minimum atomic E-state index is -0.214. The van der Waals surface area contributed by atoms with Gasteiger partial charge in [-0.25, -0.2) is 4.98 Å². The van der Waals surface area contributed by atoms with Crippen molar-refractivity contribution >= 4 is 17.2 Å². The zero-order valence-corrected chi connectivity index (χ0v) is 20.8.